The highest BCUT2D eigenvalue weighted by Gasteiger charge is 2.34. The van der Waals surface area contributed by atoms with E-state index in [2.05, 4.69) is 16.0 Å². The molecule has 0 unspecified atom stereocenters. The molecule has 13 heteroatoms. The lowest BCUT2D eigenvalue weighted by molar-refractivity contribution is -0.137. The molecule has 2 aromatic rings. The van der Waals surface area contributed by atoms with Crippen molar-refractivity contribution in [1.29, 1.82) is 0 Å². The molecule has 0 spiro atoms. The quantitative estimate of drug-likeness (QED) is 0.381. The van der Waals surface area contributed by atoms with E-state index in [-0.39, 0.29) is 60.4 Å². The topological polar surface area (TPSA) is 123 Å². The molecule has 1 aliphatic rings. The summed E-state index contributed by atoms with van der Waals surface area (Å²) in [5.74, 6) is -0.375. The summed E-state index contributed by atoms with van der Waals surface area (Å²) in [6.45, 7) is 7.52. The standard InChI is InChI=1S/C28H36F3N5O5/c1-16(2)32-27(40)35(5)14-24-17(3)13-36(18(4)15-37)25(38)22-12-21(10-11-23(22)41-24)34-26(39)33-20-8-6-19(7-9-20)28(29,30)31/h6-12,16-18,24,37H,13-15H2,1-5H3,(H,32,40)(H2,33,34,39)/t17-,18-,24-/m1/s1. The Balaban J connectivity index is 1.84. The van der Waals surface area contributed by atoms with E-state index < -0.39 is 35.8 Å². The number of fused-ring (bicyclic) bond motifs is 1. The summed E-state index contributed by atoms with van der Waals surface area (Å²) in [6.07, 6.45) is -5.00. The van der Waals surface area contributed by atoms with Gasteiger partial charge in [0.15, 0.2) is 0 Å². The van der Waals surface area contributed by atoms with Crippen LogP contribution in [0.1, 0.15) is 43.6 Å². The number of carbonyl (C=O) groups excluding carboxylic acids is 3. The predicted molar refractivity (Wildman–Crippen MR) is 148 cm³/mol. The molecule has 4 N–H and O–H groups in total. The van der Waals surface area contributed by atoms with Crippen LogP contribution in [-0.4, -0.2) is 77.8 Å². The van der Waals surface area contributed by atoms with Gasteiger partial charge in [-0.2, -0.15) is 13.2 Å². The van der Waals surface area contributed by atoms with E-state index in [0.29, 0.717) is 0 Å². The van der Waals surface area contributed by atoms with E-state index in [1.54, 1.807) is 14.0 Å². The third-order valence-corrected chi connectivity index (χ3v) is 6.61. The van der Waals surface area contributed by atoms with Crippen molar-refractivity contribution in [2.75, 3.05) is 37.4 Å². The molecule has 1 aliphatic heterocycles. The average molecular weight is 580 g/mol. The van der Waals surface area contributed by atoms with Crippen molar-refractivity contribution in [3.63, 3.8) is 0 Å². The van der Waals surface area contributed by atoms with E-state index in [1.165, 1.54) is 28.0 Å². The Kier molecular flexibility index (Phi) is 10.1. The maximum Gasteiger partial charge on any atom is 0.416 e. The van der Waals surface area contributed by atoms with Crippen molar-refractivity contribution in [2.45, 2.75) is 52.1 Å². The van der Waals surface area contributed by atoms with Crippen molar-refractivity contribution < 1.29 is 37.4 Å². The average Bonchev–Trinajstić information content (AvgIpc) is 2.89. The molecule has 10 nitrogen and oxygen atoms in total. The minimum absolute atomic E-state index is 0.0535. The fourth-order valence-corrected chi connectivity index (χ4v) is 4.26. The van der Waals surface area contributed by atoms with Gasteiger partial charge in [0.25, 0.3) is 5.91 Å². The zero-order chi connectivity index (χ0) is 30.5. The number of hydrogen-bond donors (Lipinski definition) is 4. The first kappa shape index (κ1) is 31.5. The molecular weight excluding hydrogens is 543 g/mol. The molecule has 2 aromatic carbocycles. The lowest BCUT2D eigenvalue weighted by atomic mass is 9.99. The van der Waals surface area contributed by atoms with E-state index in [9.17, 15) is 32.7 Å². The van der Waals surface area contributed by atoms with Gasteiger partial charge in [-0.15, -0.1) is 0 Å². The number of ether oxygens (including phenoxy) is 1. The second kappa shape index (κ2) is 13.1. The van der Waals surface area contributed by atoms with Crippen LogP contribution in [0.25, 0.3) is 0 Å². The van der Waals surface area contributed by atoms with Crippen LogP contribution in [0.4, 0.5) is 34.1 Å². The van der Waals surface area contributed by atoms with Crippen molar-refractivity contribution in [3.05, 3.63) is 53.6 Å². The van der Waals surface area contributed by atoms with Gasteiger partial charge in [0, 0.05) is 36.9 Å². The third kappa shape index (κ3) is 8.26. The zero-order valence-corrected chi connectivity index (χ0v) is 23.6. The van der Waals surface area contributed by atoms with Crippen LogP contribution >= 0.6 is 0 Å². The zero-order valence-electron chi connectivity index (χ0n) is 23.6. The van der Waals surface area contributed by atoms with Crippen molar-refractivity contribution in [1.82, 2.24) is 15.1 Å². The molecule has 0 saturated heterocycles. The number of likely N-dealkylation sites (N-methyl/N-ethyl adjacent to an activating group) is 1. The summed E-state index contributed by atoms with van der Waals surface area (Å²) in [7, 11) is 1.65. The van der Waals surface area contributed by atoms with Gasteiger partial charge >= 0.3 is 18.2 Å². The van der Waals surface area contributed by atoms with E-state index in [1.807, 2.05) is 20.8 Å². The number of urea groups is 2. The van der Waals surface area contributed by atoms with Crippen LogP contribution in [0.3, 0.4) is 0 Å². The molecule has 41 heavy (non-hydrogen) atoms. The monoisotopic (exact) mass is 579 g/mol. The summed E-state index contributed by atoms with van der Waals surface area (Å²) in [5.41, 5.74) is -0.319. The minimum atomic E-state index is -4.50. The van der Waals surface area contributed by atoms with Crippen LogP contribution < -0.4 is 20.7 Å². The fourth-order valence-electron chi connectivity index (χ4n) is 4.26. The Morgan fingerprint density at radius 2 is 1.71 bits per heavy atom. The molecule has 224 valence electrons. The highest BCUT2D eigenvalue weighted by Crippen LogP contribution is 2.32. The van der Waals surface area contributed by atoms with Gasteiger partial charge in [-0.25, -0.2) is 9.59 Å². The van der Waals surface area contributed by atoms with Gasteiger partial charge in [-0.1, -0.05) is 6.92 Å². The lowest BCUT2D eigenvalue weighted by Crippen LogP contribution is -2.51. The number of halogens is 3. The summed E-state index contributed by atoms with van der Waals surface area (Å²) in [5, 5.41) is 17.7. The fraction of sp³-hybridized carbons (Fsp3) is 0.464. The van der Waals surface area contributed by atoms with Crippen LogP contribution in [0.15, 0.2) is 42.5 Å². The van der Waals surface area contributed by atoms with E-state index >= 15 is 0 Å². The maximum absolute atomic E-state index is 13.6. The number of rotatable bonds is 7. The first-order valence-electron chi connectivity index (χ1n) is 13.2. The molecule has 0 radical (unpaired) electrons. The summed E-state index contributed by atoms with van der Waals surface area (Å²) >= 11 is 0. The number of benzene rings is 2. The number of hydrogen-bond acceptors (Lipinski definition) is 5. The van der Waals surface area contributed by atoms with Crippen molar-refractivity contribution >= 4 is 29.3 Å². The number of aliphatic hydroxyl groups excluding tert-OH is 1. The number of nitrogens with one attached hydrogen (secondary N) is 3. The van der Waals surface area contributed by atoms with Crippen molar-refractivity contribution in [3.8, 4) is 5.75 Å². The number of carbonyl (C=O) groups is 3. The van der Waals surface area contributed by atoms with Gasteiger partial charge in [0.05, 0.1) is 30.3 Å². The predicted octanol–water partition coefficient (Wildman–Crippen LogP) is 4.62. The SMILES string of the molecule is CC(C)NC(=O)N(C)C[C@H]1Oc2ccc(NC(=O)Nc3ccc(C(F)(F)F)cc3)cc2C(=O)N([C@H](C)CO)C[C@H]1C. The summed E-state index contributed by atoms with van der Waals surface area (Å²) in [4.78, 5) is 41.7. The van der Waals surface area contributed by atoms with Gasteiger partial charge in [0.2, 0.25) is 0 Å². The maximum atomic E-state index is 13.6. The highest BCUT2D eigenvalue weighted by molar-refractivity contribution is 6.02. The van der Waals surface area contributed by atoms with Gasteiger partial charge in [0.1, 0.15) is 11.9 Å². The van der Waals surface area contributed by atoms with E-state index in [4.69, 9.17) is 4.74 Å². The Morgan fingerprint density at radius 3 is 2.29 bits per heavy atom. The largest absolute Gasteiger partial charge is 0.487 e. The van der Waals surface area contributed by atoms with Crippen LogP contribution in [0, 0.1) is 5.92 Å². The summed E-state index contributed by atoms with van der Waals surface area (Å²) in [6, 6.07) is 6.90. The number of anilines is 2. The second-order valence-electron chi connectivity index (χ2n) is 10.5. The molecule has 0 aromatic heterocycles. The first-order valence-corrected chi connectivity index (χ1v) is 13.2. The first-order chi connectivity index (χ1) is 19.2. The molecule has 5 amide bonds. The van der Waals surface area contributed by atoms with Crippen LogP contribution in [-0.2, 0) is 6.18 Å². The number of amides is 5. The summed E-state index contributed by atoms with van der Waals surface area (Å²) < 4.78 is 44.7. The Bertz CT molecular complexity index is 1240. The van der Waals surface area contributed by atoms with Gasteiger partial charge < -0.3 is 35.6 Å². The Hall–Kier alpha value is -4.00. The van der Waals surface area contributed by atoms with Crippen LogP contribution in [0.5, 0.6) is 5.75 Å². The molecule has 0 fully saturated rings. The Labute approximate surface area is 236 Å². The Morgan fingerprint density at radius 1 is 1.10 bits per heavy atom. The van der Waals surface area contributed by atoms with E-state index in [0.717, 1.165) is 24.3 Å². The highest BCUT2D eigenvalue weighted by atomic mass is 19.4. The van der Waals surface area contributed by atoms with Crippen LogP contribution in [0.2, 0.25) is 0 Å². The molecule has 3 rings (SSSR count). The number of alkyl halides is 3. The molecule has 3 atom stereocenters. The molecule has 0 saturated carbocycles. The number of nitrogens with zero attached hydrogens (tertiary/aromatic N) is 2. The smallest absolute Gasteiger partial charge is 0.416 e. The normalized spacial score (nSPS) is 18.0. The van der Waals surface area contributed by atoms with Gasteiger partial charge in [-0.05, 0) is 63.2 Å². The van der Waals surface area contributed by atoms with Gasteiger partial charge in [-0.3, -0.25) is 4.79 Å². The third-order valence-electron chi connectivity index (χ3n) is 6.61. The van der Waals surface area contributed by atoms with Crippen molar-refractivity contribution in [2.24, 2.45) is 5.92 Å². The second-order valence-corrected chi connectivity index (χ2v) is 10.5. The molecule has 1 heterocycles. The molecule has 0 aliphatic carbocycles. The lowest BCUT2D eigenvalue weighted by Gasteiger charge is -2.38. The molecule has 0 bridgehead atoms. The molecular formula is C28H36F3N5O5. The number of aliphatic hydroxyl groups is 1. The minimum Gasteiger partial charge on any atom is -0.487 e.